The molecule has 0 aromatic heterocycles. The van der Waals surface area contributed by atoms with Crippen molar-refractivity contribution in [2.24, 2.45) is 0 Å². The summed E-state index contributed by atoms with van der Waals surface area (Å²) in [4.78, 5) is 0. The second kappa shape index (κ2) is 4.75. The Bertz CT molecular complexity index is 345. The van der Waals surface area contributed by atoms with E-state index in [1.807, 2.05) is 12.3 Å². The van der Waals surface area contributed by atoms with Crippen LogP contribution in [0, 0.1) is 0 Å². The van der Waals surface area contributed by atoms with Gasteiger partial charge in [-0.3, -0.25) is 0 Å². The fourth-order valence-electron chi connectivity index (χ4n) is 1.09. The number of rotatable bonds is 2. The topological polar surface area (TPSA) is 0 Å². The largest absolute Gasteiger partial charge is 0.416 e. The number of hydrogen-bond acceptors (Lipinski definition) is 1. The molecule has 0 nitrogen and oxygen atoms in total. The molecule has 0 amide bonds. The average Bonchev–Trinajstić information content (AvgIpc) is 2.50. The van der Waals surface area contributed by atoms with E-state index in [0.29, 0.717) is 0 Å². The molecule has 0 aromatic carbocycles. The molecule has 0 bridgehead atoms. The fraction of sp³-hybridized carbons (Fsp3) is 0.273. The first-order chi connectivity index (χ1) is 6.95. The van der Waals surface area contributed by atoms with E-state index in [2.05, 4.69) is 6.58 Å². The van der Waals surface area contributed by atoms with Gasteiger partial charge < -0.3 is 0 Å². The van der Waals surface area contributed by atoms with Crippen molar-refractivity contribution in [2.75, 3.05) is 5.75 Å². The molecule has 0 spiro atoms. The molecule has 1 aliphatic rings. The lowest BCUT2D eigenvalue weighted by Crippen LogP contribution is -2.09. The maximum absolute atomic E-state index is 12.3. The first-order valence-electron chi connectivity index (χ1n) is 4.34. The van der Waals surface area contributed by atoms with E-state index in [1.54, 1.807) is 11.8 Å². The molecule has 82 valence electrons. The van der Waals surface area contributed by atoms with Crippen LogP contribution < -0.4 is 0 Å². The molecule has 1 rings (SSSR count). The normalized spacial score (nSPS) is 20.7. The highest BCUT2D eigenvalue weighted by Crippen LogP contribution is 2.29. The van der Waals surface area contributed by atoms with Crippen LogP contribution in [-0.4, -0.2) is 11.9 Å². The van der Waals surface area contributed by atoms with Gasteiger partial charge in [0.05, 0.1) is 5.57 Å². The summed E-state index contributed by atoms with van der Waals surface area (Å²) in [6, 6.07) is 0. The molecular formula is C11H11F3S. The first-order valence-corrected chi connectivity index (χ1v) is 5.39. The summed E-state index contributed by atoms with van der Waals surface area (Å²) in [5.74, 6) is 0.741. The van der Waals surface area contributed by atoms with Gasteiger partial charge in [-0.25, -0.2) is 0 Å². The summed E-state index contributed by atoms with van der Waals surface area (Å²) in [6.45, 7) is 5.04. The average molecular weight is 232 g/mol. The molecule has 0 aromatic rings. The molecule has 15 heavy (non-hydrogen) atoms. The van der Waals surface area contributed by atoms with Gasteiger partial charge in [0.2, 0.25) is 0 Å². The zero-order valence-electron chi connectivity index (χ0n) is 8.27. The molecule has 0 atom stereocenters. The van der Waals surface area contributed by atoms with Crippen LogP contribution in [0.1, 0.15) is 6.92 Å². The lowest BCUT2D eigenvalue weighted by molar-refractivity contribution is -0.0881. The Morgan fingerprint density at radius 3 is 2.60 bits per heavy atom. The van der Waals surface area contributed by atoms with Crippen molar-refractivity contribution in [1.29, 1.82) is 0 Å². The number of hydrogen-bond donors (Lipinski definition) is 0. The molecule has 0 aliphatic carbocycles. The van der Waals surface area contributed by atoms with E-state index in [4.69, 9.17) is 0 Å². The van der Waals surface area contributed by atoms with E-state index in [9.17, 15) is 13.2 Å². The molecule has 0 fully saturated rings. The molecule has 0 saturated heterocycles. The maximum Gasteiger partial charge on any atom is 0.416 e. The summed E-state index contributed by atoms with van der Waals surface area (Å²) in [5, 5.41) is 1.95. The van der Waals surface area contributed by atoms with Crippen molar-refractivity contribution < 1.29 is 13.2 Å². The van der Waals surface area contributed by atoms with Crippen molar-refractivity contribution >= 4 is 11.8 Å². The third-order valence-corrected chi connectivity index (χ3v) is 3.01. The van der Waals surface area contributed by atoms with Crippen molar-refractivity contribution in [3.8, 4) is 0 Å². The lowest BCUT2D eigenvalue weighted by Gasteiger charge is -2.05. The summed E-state index contributed by atoms with van der Waals surface area (Å²) in [5.41, 5.74) is 1.25. The van der Waals surface area contributed by atoms with E-state index >= 15 is 0 Å². The second-order valence-electron chi connectivity index (χ2n) is 3.13. The van der Waals surface area contributed by atoms with Gasteiger partial charge in [-0.2, -0.15) is 13.2 Å². The highest BCUT2D eigenvalue weighted by Gasteiger charge is 2.30. The highest BCUT2D eigenvalue weighted by molar-refractivity contribution is 8.02. The Labute approximate surface area is 91.2 Å². The minimum absolute atomic E-state index is 0.709. The van der Waals surface area contributed by atoms with Gasteiger partial charge in [0.25, 0.3) is 0 Å². The molecule has 0 N–H and O–H groups in total. The van der Waals surface area contributed by atoms with Crippen LogP contribution >= 0.6 is 11.8 Å². The smallest absolute Gasteiger partial charge is 0.166 e. The maximum atomic E-state index is 12.3. The number of alkyl halides is 3. The molecule has 1 aliphatic heterocycles. The van der Waals surface area contributed by atoms with E-state index < -0.39 is 11.7 Å². The Kier molecular flexibility index (Phi) is 3.85. The molecule has 0 saturated carbocycles. The van der Waals surface area contributed by atoms with E-state index in [1.165, 1.54) is 6.08 Å². The summed E-state index contributed by atoms with van der Waals surface area (Å²) in [6.07, 6.45) is -0.901. The third kappa shape index (κ3) is 3.30. The van der Waals surface area contributed by atoms with Crippen LogP contribution in [0.2, 0.25) is 0 Å². The van der Waals surface area contributed by atoms with Crippen LogP contribution in [0.15, 0.2) is 46.9 Å². The van der Waals surface area contributed by atoms with Gasteiger partial charge in [-0.15, -0.1) is 11.8 Å². The predicted octanol–water partition coefficient (Wildman–Crippen LogP) is 4.24. The van der Waals surface area contributed by atoms with Gasteiger partial charge >= 0.3 is 6.18 Å². The van der Waals surface area contributed by atoms with E-state index in [0.717, 1.165) is 29.1 Å². The molecular weight excluding hydrogens is 221 g/mol. The van der Waals surface area contributed by atoms with Gasteiger partial charge in [0.15, 0.2) is 0 Å². The second-order valence-corrected chi connectivity index (χ2v) is 3.99. The van der Waals surface area contributed by atoms with Crippen LogP contribution in [0.4, 0.5) is 13.2 Å². The monoisotopic (exact) mass is 232 g/mol. The van der Waals surface area contributed by atoms with Crippen molar-refractivity contribution in [3.05, 3.63) is 46.9 Å². The van der Waals surface area contributed by atoms with Gasteiger partial charge in [-0.1, -0.05) is 18.7 Å². The quantitative estimate of drug-likeness (QED) is 0.642. The van der Waals surface area contributed by atoms with Gasteiger partial charge in [-0.05, 0) is 29.6 Å². The zero-order valence-corrected chi connectivity index (χ0v) is 9.08. The summed E-state index contributed by atoms with van der Waals surface area (Å²) >= 11 is 1.59. The van der Waals surface area contributed by atoms with Crippen LogP contribution in [0.5, 0.6) is 0 Å². The Morgan fingerprint density at radius 2 is 2.20 bits per heavy atom. The Hall–Kier alpha value is -0.900. The zero-order chi connectivity index (χ0) is 11.5. The van der Waals surface area contributed by atoms with Crippen molar-refractivity contribution in [3.63, 3.8) is 0 Å². The SMILES string of the molecule is C=C/C(=C\C=C1/CSC=C1C)C(F)(F)F. The Balaban J connectivity index is 2.87. The molecule has 0 radical (unpaired) electrons. The number of halogens is 3. The summed E-state index contributed by atoms with van der Waals surface area (Å²) in [7, 11) is 0. The van der Waals surface area contributed by atoms with Crippen LogP contribution in [0.25, 0.3) is 0 Å². The van der Waals surface area contributed by atoms with E-state index in [-0.39, 0.29) is 0 Å². The fourth-order valence-corrected chi connectivity index (χ4v) is 2.08. The van der Waals surface area contributed by atoms with Crippen LogP contribution in [-0.2, 0) is 0 Å². The highest BCUT2D eigenvalue weighted by atomic mass is 32.2. The first kappa shape index (κ1) is 12.2. The third-order valence-electron chi connectivity index (χ3n) is 2.02. The minimum Gasteiger partial charge on any atom is -0.166 e. The standard InChI is InChI=1S/C11H11F3S/c1-3-10(11(12,13)14)5-4-9-7-15-6-8(9)2/h3-6H,1,7H2,2H3/b9-4+,10-5+. The Morgan fingerprint density at radius 1 is 1.53 bits per heavy atom. The van der Waals surface area contributed by atoms with Crippen molar-refractivity contribution in [1.82, 2.24) is 0 Å². The predicted molar refractivity (Wildman–Crippen MR) is 58.6 cm³/mol. The summed E-state index contributed by atoms with van der Waals surface area (Å²) < 4.78 is 36.9. The number of allylic oxidation sites excluding steroid dienone is 5. The van der Waals surface area contributed by atoms with Gasteiger partial charge in [0, 0.05) is 5.75 Å². The van der Waals surface area contributed by atoms with Gasteiger partial charge in [0.1, 0.15) is 0 Å². The van der Waals surface area contributed by atoms with Crippen LogP contribution in [0.3, 0.4) is 0 Å². The number of thioether (sulfide) groups is 1. The van der Waals surface area contributed by atoms with Crippen molar-refractivity contribution in [2.45, 2.75) is 13.1 Å². The molecule has 1 heterocycles. The minimum atomic E-state index is -4.32. The molecule has 4 heteroatoms. The molecule has 0 unspecified atom stereocenters. The lowest BCUT2D eigenvalue weighted by atomic mass is 10.1.